The van der Waals surface area contributed by atoms with E-state index in [1.54, 1.807) is 6.20 Å². The Labute approximate surface area is 115 Å². The molecule has 1 heterocycles. The van der Waals surface area contributed by atoms with Gasteiger partial charge in [0, 0.05) is 18.8 Å². The average Bonchev–Trinajstić information content (AvgIpc) is 2.24. The lowest BCUT2D eigenvalue weighted by Gasteiger charge is -2.28. The highest BCUT2D eigenvalue weighted by atomic mass is 35.5. The van der Waals surface area contributed by atoms with Crippen molar-refractivity contribution in [1.29, 1.82) is 0 Å². The summed E-state index contributed by atoms with van der Waals surface area (Å²) in [6.45, 7) is 9.08. The molecule has 1 aromatic heterocycles. The van der Waals surface area contributed by atoms with Crippen molar-refractivity contribution in [3.05, 3.63) is 29.0 Å². The van der Waals surface area contributed by atoms with Gasteiger partial charge >= 0.3 is 0 Å². The Balaban J connectivity index is 2.53. The summed E-state index contributed by atoms with van der Waals surface area (Å²) in [5.41, 5.74) is 1.20. The normalized spacial score (nSPS) is 15.4. The zero-order chi connectivity index (χ0) is 13.8. The third kappa shape index (κ3) is 5.34. The van der Waals surface area contributed by atoms with Crippen molar-refractivity contribution in [2.24, 2.45) is 5.41 Å². The number of nitrogens with one attached hydrogen (secondary N) is 1. The van der Waals surface area contributed by atoms with Crippen molar-refractivity contribution < 1.29 is 5.11 Å². The Bertz CT molecular complexity index is 380. The van der Waals surface area contributed by atoms with Crippen molar-refractivity contribution in [1.82, 2.24) is 10.3 Å². The van der Waals surface area contributed by atoms with Crippen LogP contribution in [0.5, 0.6) is 0 Å². The number of aliphatic hydroxyl groups excluding tert-OH is 1. The van der Waals surface area contributed by atoms with Gasteiger partial charge in [0.25, 0.3) is 0 Å². The van der Waals surface area contributed by atoms with Crippen LogP contribution in [0.3, 0.4) is 0 Å². The van der Waals surface area contributed by atoms with Crippen LogP contribution in [0.15, 0.2) is 18.3 Å². The van der Waals surface area contributed by atoms with Crippen LogP contribution in [0.2, 0.25) is 5.15 Å². The van der Waals surface area contributed by atoms with E-state index in [9.17, 15) is 5.11 Å². The number of rotatable bonds is 6. The van der Waals surface area contributed by atoms with Gasteiger partial charge < -0.3 is 10.4 Å². The van der Waals surface area contributed by atoms with E-state index in [0.717, 1.165) is 18.5 Å². The summed E-state index contributed by atoms with van der Waals surface area (Å²) in [5.74, 6) is 0. The van der Waals surface area contributed by atoms with Crippen molar-refractivity contribution in [3.8, 4) is 0 Å². The van der Waals surface area contributed by atoms with Gasteiger partial charge in [0.15, 0.2) is 0 Å². The molecule has 0 radical (unpaired) electrons. The molecule has 0 spiro atoms. The lowest BCUT2D eigenvalue weighted by Crippen LogP contribution is -2.33. The third-order valence-electron chi connectivity index (χ3n) is 2.99. The minimum Gasteiger partial charge on any atom is -0.393 e. The molecule has 0 aliphatic carbocycles. The lowest BCUT2D eigenvalue weighted by molar-refractivity contribution is 0.127. The van der Waals surface area contributed by atoms with Crippen molar-refractivity contribution in [2.45, 2.75) is 46.3 Å². The van der Waals surface area contributed by atoms with Gasteiger partial charge in [-0.15, -0.1) is 0 Å². The van der Waals surface area contributed by atoms with Gasteiger partial charge in [0.2, 0.25) is 0 Å². The van der Waals surface area contributed by atoms with Gasteiger partial charge in [0.1, 0.15) is 5.15 Å². The molecular formula is C14H23ClN2O. The quantitative estimate of drug-likeness (QED) is 0.781. The van der Waals surface area contributed by atoms with E-state index >= 15 is 0 Å². The topological polar surface area (TPSA) is 45.1 Å². The molecule has 0 aliphatic rings. The SMILES string of the molecule is CC(O)CC(C)(C)CNC(C)c1ccnc(Cl)c1. The number of hydrogen-bond acceptors (Lipinski definition) is 3. The summed E-state index contributed by atoms with van der Waals surface area (Å²) in [5, 5.41) is 13.4. The Hall–Kier alpha value is -0.640. The Morgan fingerprint density at radius 1 is 1.44 bits per heavy atom. The highest BCUT2D eigenvalue weighted by Crippen LogP contribution is 2.23. The Kier molecular flexibility index (Phi) is 5.57. The fourth-order valence-electron chi connectivity index (χ4n) is 2.11. The standard InChI is InChI=1S/C14H23ClN2O/c1-10(18)8-14(3,4)9-17-11(2)12-5-6-16-13(15)7-12/h5-7,10-11,17-18H,8-9H2,1-4H3. The van der Waals surface area contributed by atoms with E-state index in [2.05, 4.69) is 31.1 Å². The molecule has 0 saturated heterocycles. The third-order valence-corrected chi connectivity index (χ3v) is 3.19. The second kappa shape index (κ2) is 6.50. The van der Waals surface area contributed by atoms with Crippen LogP contribution in [0.1, 0.15) is 45.7 Å². The van der Waals surface area contributed by atoms with Crippen LogP contribution in [-0.2, 0) is 0 Å². The van der Waals surface area contributed by atoms with E-state index in [4.69, 9.17) is 11.6 Å². The number of halogens is 1. The molecule has 0 aliphatic heterocycles. The molecule has 3 nitrogen and oxygen atoms in total. The fourth-order valence-corrected chi connectivity index (χ4v) is 2.29. The van der Waals surface area contributed by atoms with Crippen LogP contribution in [0.25, 0.3) is 0 Å². The van der Waals surface area contributed by atoms with E-state index in [-0.39, 0.29) is 17.6 Å². The van der Waals surface area contributed by atoms with Crippen LogP contribution in [0.4, 0.5) is 0 Å². The van der Waals surface area contributed by atoms with Crippen LogP contribution < -0.4 is 5.32 Å². The largest absolute Gasteiger partial charge is 0.393 e. The number of hydrogen-bond donors (Lipinski definition) is 2. The van der Waals surface area contributed by atoms with Crippen molar-refractivity contribution >= 4 is 11.6 Å². The summed E-state index contributed by atoms with van der Waals surface area (Å²) < 4.78 is 0. The first kappa shape index (κ1) is 15.4. The number of pyridine rings is 1. The van der Waals surface area contributed by atoms with Gasteiger partial charge in [-0.1, -0.05) is 25.4 Å². The maximum absolute atomic E-state index is 9.45. The molecule has 0 saturated carbocycles. The second-order valence-corrected chi connectivity index (χ2v) is 6.12. The Morgan fingerprint density at radius 2 is 2.11 bits per heavy atom. The molecule has 2 N–H and O–H groups in total. The maximum atomic E-state index is 9.45. The summed E-state index contributed by atoms with van der Waals surface area (Å²) in [6.07, 6.45) is 2.23. The summed E-state index contributed by atoms with van der Waals surface area (Å²) in [7, 11) is 0. The van der Waals surface area contributed by atoms with Gasteiger partial charge in [-0.2, -0.15) is 0 Å². The molecule has 1 rings (SSSR count). The molecule has 0 aromatic carbocycles. The summed E-state index contributed by atoms with van der Waals surface area (Å²) in [6, 6.07) is 4.06. The fraction of sp³-hybridized carbons (Fsp3) is 0.643. The first-order valence-corrected chi connectivity index (χ1v) is 6.71. The van der Waals surface area contributed by atoms with Crippen LogP contribution >= 0.6 is 11.6 Å². The highest BCUT2D eigenvalue weighted by molar-refractivity contribution is 6.29. The lowest BCUT2D eigenvalue weighted by atomic mass is 9.86. The van der Waals surface area contributed by atoms with E-state index < -0.39 is 0 Å². The van der Waals surface area contributed by atoms with E-state index in [0.29, 0.717) is 5.15 Å². The average molecular weight is 271 g/mol. The smallest absolute Gasteiger partial charge is 0.129 e. The van der Waals surface area contributed by atoms with Crippen molar-refractivity contribution in [3.63, 3.8) is 0 Å². The number of nitrogens with zero attached hydrogens (tertiary/aromatic N) is 1. The molecular weight excluding hydrogens is 248 g/mol. The zero-order valence-electron chi connectivity index (χ0n) is 11.6. The maximum Gasteiger partial charge on any atom is 0.129 e. The molecule has 0 amide bonds. The van der Waals surface area contributed by atoms with Crippen molar-refractivity contribution in [2.75, 3.05) is 6.54 Å². The van der Waals surface area contributed by atoms with Gasteiger partial charge in [-0.3, -0.25) is 0 Å². The monoisotopic (exact) mass is 270 g/mol. The van der Waals surface area contributed by atoms with E-state index in [1.807, 2.05) is 19.1 Å². The number of aromatic nitrogens is 1. The van der Waals surface area contributed by atoms with Gasteiger partial charge in [0.05, 0.1) is 6.10 Å². The summed E-state index contributed by atoms with van der Waals surface area (Å²) >= 11 is 5.88. The van der Waals surface area contributed by atoms with Crippen LogP contribution in [-0.4, -0.2) is 22.7 Å². The minimum absolute atomic E-state index is 0.0687. The van der Waals surface area contributed by atoms with Gasteiger partial charge in [-0.25, -0.2) is 4.98 Å². The van der Waals surface area contributed by atoms with Gasteiger partial charge in [-0.05, 0) is 43.4 Å². The molecule has 0 bridgehead atoms. The predicted octanol–water partition coefficient (Wildman–Crippen LogP) is 3.18. The minimum atomic E-state index is -0.271. The predicted molar refractivity (Wildman–Crippen MR) is 75.7 cm³/mol. The highest BCUT2D eigenvalue weighted by Gasteiger charge is 2.21. The molecule has 102 valence electrons. The molecule has 1 aromatic rings. The van der Waals surface area contributed by atoms with Crippen LogP contribution in [0, 0.1) is 5.41 Å². The zero-order valence-corrected chi connectivity index (χ0v) is 12.3. The molecule has 18 heavy (non-hydrogen) atoms. The first-order chi connectivity index (χ1) is 8.30. The second-order valence-electron chi connectivity index (χ2n) is 5.73. The molecule has 2 atom stereocenters. The van der Waals surface area contributed by atoms with E-state index in [1.165, 1.54) is 0 Å². The Morgan fingerprint density at radius 3 is 2.67 bits per heavy atom. The molecule has 4 heteroatoms. The molecule has 2 unspecified atom stereocenters. The number of aliphatic hydroxyl groups is 1. The molecule has 0 fully saturated rings. The summed E-state index contributed by atoms with van der Waals surface area (Å²) in [4.78, 5) is 3.98. The first-order valence-electron chi connectivity index (χ1n) is 6.33.